The van der Waals surface area contributed by atoms with Crippen LogP contribution in [0.15, 0.2) is 10.7 Å². The van der Waals surface area contributed by atoms with Crippen molar-refractivity contribution in [3.8, 4) is 0 Å². The first kappa shape index (κ1) is 20.4. The Morgan fingerprint density at radius 3 is 2.61 bits per heavy atom. The number of hydrogen-bond donors (Lipinski definition) is 1. The SMILES string of the molecule is Cc1c(NC(=O)N2CCC(c3noc(C(C)C)n3)CC2)cnn1CCC(C)C. The van der Waals surface area contributed by atoms with Crippen LogP contribution in [-0.2, 0) is 6.54 Å². The summed E-state index contributed by atoms with van der Waals surface area (Å²) in [5, 5.41) is 11.6. The van der Waals surface area contributed by atoms with Gasteiger partial charge in [-0.25, -0.2) is 4.79 Å². The fourth-order valence-electron chi connectivity index (χ4n) is 3.36. The number of amides is 2. The molecule has 28 heavy (non-hydrogen) atoms. The highest BCUT2D eigenvalue weighted by atomic mass is 16.5. The van der Waals surface area contributed by atoms with E-state index in [1.807, 2.05) is 30.4 Å². The Morgan fingerprint density at radius 1 is 1.29 bits per heavy atom. The molecule has 0 saturated carbocycles. The molecular formula is C20H32N6O2. The molecule has 0 radical (unpaired) electrons. The molecule has 0 bridgehead atoms. The second-order valence-corrected chi connectivity index (χ2v) is 8.39. The third-order valence-electron chi connectivity index (χ3n) is 5.36. The van der Waals surface area contributed by atoms with E-state index in [4.69, 9.17) is 4.52 Å². The van der Waals surface area contributed by atoms with E-state index in [1.54, 1.807) is 6.20 Å². The highest BCUT2D eigenvalue weighted by molar-refractivity contribution is 5.89. The highest BCUT2D eigenvalue weighted by Crippen LogP contribution is 2.27. The van der Waals surface area contributed by atoms with Crippen molar-refractivity contribution in [1.29, 1.82) is 0 Å². The van der Waals surface area contributed by atoms with Gasteiger partial charge in [-0.1, -0.05) is 32.9 Å². The predicted molar refractivity (Wildman–Crippen MR) is 107 cm³/mol. The normalized spacial score (nSPS) is 15.6. The number of likely N-dealkylation sites (tertiary alicyclic amines) is 1. The maximum absolute atomic E-state index is 12.7. The second kappa shape index (κ2) is 8.75. The van der Waals surface area contributed by atoms with Crippen LogP contribution in [0.1, 0.15) is 76.2 Å². The number of rotatable bonds is 6. The van der Waals surface area contributed by atoms with E-state index in [0.29, 0.717) is 24.9 Å². The lowest BCUT2D eigenvalue weighted by Gasteiger charge is -2.30. The quantitative estimate of drug-likeness (QED) is 0.803. The van der Waals surface area contributed by atoms with Crippen LogP contribution in [0.5, 0.6) is 0 Å². The van der Waals surface area contributed by atoms with E-state index >= 15 is 0 Å². The summed E-state index contributed by atoms with van der Waals surface area (Å²) in [5.74, 6) is 2.56. The van der Waals surface area contributed by atoms with Crippen LogP contribution < -0.4 is 5.32 Å². The van der Waals surface area contributed by atoms with Crippen LogP contribution in [0.2, 0.25) is 0 Å². The average molecular weight is 389 g/mol. The average Bonchev–Trinajstić information content (AvgIpc) is 3.28. The van der Waals surface area contributed by atoms with Crippen LogP contribution in [0.3, 0.4) is 0 Å². The predicted octanol–water partition coefficient (Wildman–Crippen LogP) is 4.16. The minimum atomic E-state index is -0.0686. The van der Waals surface area contributed by atoms with Crippen LogP contribution in [0, 0.1) is 12.8 Å². The summed E-state index contributed by atoms with van der Waals surface area (Å²) in [5.41, 5.74) is 1.78. The third kappa shape index (κ3) is 4.72. The van der Waals surface area contributed by atoms with E-state index in [1.165, 1.54) is 0 Å². The minimum Gasteiger partial charge on any atom is -0.339 e. The van der Waals surface area contributed by atoms with Gasteiger partial charge in [-0.05, 0) is 32.1 Å². The Balaban J connectivity index is 1.52. The summed E-state index contributed by atoms with van der Waals surface area (Å²) in [7, 11) is 0. The number of anilines is 1. The molecule has 0 atom stereocenters. The molecule has 8 heteroatoms. The lowest BCUT2D eigenvalue weighted by molar-refractivity contribution is 0.193. The van der Waals surface area contributed by atoms with Crippen molar-refractivity contribution in [2.75, 3.05) is 18.4 Å². The van der Waals surface area contributed by atoms with Crippen molar-refractivity contribution < 1.29 is 9.32 Å². The van der Waals surface area contributed by atoms with E-state index < -0.39 is 0 Å². The summed E-state index contributed by atoms with van der Waals surface area (Å²) in [6, 6.07) is -0.0686. The number of hydrogen-bond acceptors (Lipinski definition) is 5. The molecule has 2 amide bonds. The fourth-order valence-corrected chi connectivity index (χ4v) is 3.36. The Bertz CT molecular complexity index is 786. The number of aromatic nitrogens is 4. The summed E-state index contributed by atoms with van der Waals surface area (Å²) in [4.78, 5) is 19.0. The minimum absolute atomic E-state index is 0.0686. The molecule has 1 saturated heterocycles. The van der Waals surface area contributed by atoms with E-state index in [2.05, 4.69) is 34.4 Å². The summed E-state index contributed by atoms with van der Waals surface area (Å²) in [6.45, 7) is 12.7. The first-order valence-corrected chi connectivity index (χ1v) is 10.3. The maximum Gasteiger partial charge on any atom is 0.321 e. The molecule has 1 aliphatic heterocycles. The number of carbonyl (C=O) groups excluding carboxylic acids is 1. The lowest BCUT2D eigenvalue weighted by Crippen LogP contribution is -2.40. The molecule has 8 nitrogen and oxygen atoms in total. The molecule has 2 aromatic heterocycles. The number of piperidine rings is 1. The van der Waals surface area contributed by atoms with Crippen molar-refractivity contribution in [3.05, 3.63) is 23.6 Å². The molecule has 154 valence electrons. The Kier molecular flexibility index (Phi) is 6.36. The summed E-state index contributed by atoms with van der Waals surface area (Å²) < 4.78 is 7.28. The third-order valence-corrected chi connectivity index (χ3v) is 5.36. The van der Waals surface area contributed by atoms with Gasteiger partial charge in [-0.3, -0.25) is 4.68 Å². The van der Waals surface area contributed by atoms with Crippen molar-refractivity contribution in [2.24, 2.45) is 5.92 Å². The second-order valence-electron chi connectivity index (χ2n) is 8.39. The van der Waals surface area contributed by atoms with Gasteiger partial charge in [0.25, 0.3) is 0 Å². The highest BCUT2D eigenvalue weighted by Gasteiger charge is 2.27. The van der Waals surface area contributed by atoms with Gasteiger partial charge in [0.2, 0.25) is 5.89 Å². The van der Waals surface area contributed by atoms with Gasteiger partial charge in [0.1, 0.15) is 0 Å². The maximum atomic E-state index is 12.7. The Morgan fingerprint density at radius 2 is 2.00 bits per heavy atom. The molecule has 2 aromatic rings. The van der Waals surface area contributed by atoms with Gasteiger partial charge >= 0.3 is 6.03 Å². The zero-order valence-corrected chi connectivity index (χ0v) is 17.6. The number of nitrogens with zero attached hydrogens (tertiary/aromatic N) is 5. The topological polar surface area (TPSA) is 89.1 Å². The largest absolute Gasteiger partial charge is 0.339 e. The molecule has 0 spiro atoms. The van der Waals surface area contributed by atoms with Gasteiger partial charge in [0, 0.05) is 31.5 Å². The molecule has 0 unspecified atom stereocenters. The molecular weight excluding hydrogens is 356 g/mol. The number of carbonyl (C=O) groups is 1. The Labute approximate surface area is 166 Å². The number of nitrogens with one attached hydrogen (secondary N) is 1. The molecule has 3 heterocycles. The molecule has 1 fully saturated rings. The van der Waals surface area contributed by atoms with E-state index in [-0.39, 0.29) is 17.9 Å². The van der Waals surface area contributed by atoms with Crippen molar-refractivity contribution in [2.45, 2.75) is 72.3 Å². The smallest absolute Gasteiger partial charge is 0.321 e. The van der Waals surface area contributed by atoms with E-state index in [9.17, 15) is 4.79 Å². The molecule has 1 aliphatic rings. The van der Waals surface area contributed by atoms with Crippen LogP contribution >= 0.6 is 0 Å². The first-order valence-electron chi connectivity index (χ1n) is 10.3. The van der Waals surface area contributed by atoms with Gasteiger partial charge in [0.15, 0.2) is 5.82 Å². The molecule has 0 aromatic carbocycles. The van der Waals surface area contributed by atoms with Gasteiger partial charge < -0.3 is 14.7 Å². The summed E-state index contributed by atoms with van der Waals surface area (Å²) >= 11 is 0. The molecule has 1 N–H and O–H groups in total. The van der Waals surface area contributed by atoms with Crippen LogP contribution in [0.25, 0.3) is 0 Å². The Hall–Kier alpha value is -2.38. The van der Waals surface area contributed by atoms with Gasteiger partial charge in [0.05, 0.1) is 17.6 Å². The zero-order valence-electron chi connectivity index (χ0n) is 17.6. The summed E-state index contributed by atoms with van der Waals surface area (Å²) in [6.07, 6.45) is 4.50. The fraction of sp³-hybridized carbons (Fsp3) is 0.700. The van der Waals surface area contributed by atoms with Crippen molar-refractivity contribution in [3.63, 3.8) is 0 Å². The molecule has 3 rings (SSSR count). The lowest BCUT2D eigenvalue weighted by atomic mass is 9.96. The van der Waals surface area contributed by atoms with Gasteiger partial charge in [-0.15, -0.1) is 0 Å². The first-order chi connectivity index (χ1) is 13.3. The standard InChI is InChI=1S/C20H32N6O2/c1-13(2)6-11-26-15(5)17(12-21-26)22-20(27)25-9-7-16(8-10-25)18-23-19(14(3)4)28-24-18/h12-14,16H,6-11H2,1-5H3,(H,22,27). The van der Waals surface area contributed by atoms with Crippen molar-refractivity contribution >= 4 is 11.7 Å². The van der Waals surface area contributed by atoms with Gasteiger partial charge in [-0.2, -0.15) is 10.1 Å². The molecule has 0 aliphatic carbocycles. The number of urea groups is 1. The van der Waals surface area contributed by atoms with E-state index in [0.717, 1.165) is 43.0 Å². The monoisotopic (exact) mass is 388 g/mol. The van der Waals surface area contributed by atoms with Crippen LogP contribution in [-0.4, -0.2) is 43.9 Å². The van der Waals surface area contributed by atoms with Crippen LogP contribution in [0.4, 0.5) is 10.5 Å². The zero-order chi connectivity index (χ0) is 20.3. The number of aryl methyl sites for hydroxylation is 1. The van der Waals surface area contributed by atoms with Crippen molar-refractivity contribution in [1.82, 2.24) is 24.8 Å².